The van der Waals surface area contributed by atoms with Gasteiger partial charge in [0.15, 0.2) is 0 Å². The Bertz CT molecular complexity index is 1070. The molecular formula is C21H21N3O3S. The first-order chi connectivity index (χ1) is 13.4. The summed E-state index contributed by atoms with van der Waals surface area (Å²) < 4.78 is 27.7. The van der Waals surface area contributed by atoms with Crippen molar-refractivity contribution >= 4 is 21.6 Å². The second-order valence-corrected chi connectivity index (χ2v) is 8.08. The SMILES string of the molecule is Cc1ccccc1NS(=O)(=O)c1ccc(C(=O)N[C@@H](C)c2ccccn2)cc1. The number of aryl methyl sites for hydroxylation is 1. The molecule has 28 heavy (non-hydrogen) atoms. The lowest BCUT2D eigenvalue weighted by atomic mass is 10.1. The van der Waals surface area contributed by atoms with Crippen molar-refractivity contribution in [1.29, 1.82) is 0 Å². The van der Waals surface area contributed by atoms with Crippen LogP contribution in [0, 0.1) is 6.92 Å². The molecule has 144 valence electrons. The van der Waals surface area contributed by atoms with Crippen LogP contribution in [0.15, 0.2) is 77.8 Å². The Morgan fingerprint density at radius 2 is 1.64 bits per heavy atom. The quantitative estimate of drug-likeness (QED) is 0.666. The molecule has 3 rings (SSSR count). The van der Waals surface area contributed by atoms with E-state index in [1.165, 1.54) is 24.3 Å². The smallest absolute Gasteiger partial charge is 0.261 e. The maximum Gasteiger partial charge on any atom is 0.261 e. The lowest BCUT2D eigenvalue weighted by molar-refractivity contribution is 0.0939. The molecule has 0 aliphatic rings. The zero-order valence-electron chi connectivity index (χ0n) is 15.6. The van der Waals surface area contributed by atoms with Gasteiger partial charge in [-0.1, -0.05) is 24.3 Å². The fourth-order valence-corrected chi connectivity index (χ4v) is 3.79. The summed E-state index contributed by atoms with van der Waals surface area (Å²) in [5, 5.41) is 2.85. The molecule has 0 radical (unpaired) electrons. The highest BCUT2D eigenvalue weighted by atomic mass is 32.2. The van der Waals surface area contributed by atoms with Crippen LogP contribution in [0.4, 0.5) is 5.69 Å². The van der Waals surface area contributed by atoms with Crippen molar-refractivity contribution in [2.24, 2.45) is 0 Å². The summed E-state index contributed by atoms with van der Waals surface area (Å²) in [5.74, 6) is -0.297. The van der Waals surface area contributed by atoms with Crippen LogP contribution in [0.2, 0.25) is 0 Å². The summed E-state index contributed by atoms with van der Waals surface area (Å²) in [6.07, 6.45) is 1.67. The molecule has 7 heteroatoms. The van der Waals surface area contributed by atoms with E-state index in [0.717, 1.165) is 11.3 Å². The van der Waals surface area contributed by atoms with Crippen molar-refractivity contribution in [1.82, 2.24) is 10.3 Å². The third-order valence-corrected chi connectivity index (χ3v) is 5.68. The molecule has 0 spiro atoms. The number of anilines is 1. The predicted octanol–water partition coefficient (Wildman–Crippen LogP) is 3.68. The summed E-state index contributed by atoms with van der Waals surface area (Å²) in [6, 6.07) is 18.2. The Morgan fingerprint density at radius 1 is 0.964 bits per heavy atom. The van der Waals surface area contributed by atoms with Crippen LogP contribution in [-0.2, 0) is 10.0 Å². The van der Waals surface area contributed by atoms with Crippen LogP contribution in [-0.4, -0.2) is 19.3 Å². The predicted molar refractivity (Wildman–Crippen MR) is 109 cm³/mol. The van der Waals surface area contributed by atoms with Crippen molar-refractivity contribution < 1.29 is 13.2 Å². The number of aromatic nitrogens is 1. The number of hydrogen-bond donors (Lipinski definition) is 2. The van der Waals surface area contributed by atoms with E-state index in [9.17, 15) is 13.2 Å². The Balaban J connectivity index is 1.72. The average molecular weight is 395 g/mol. The molecule has 1 amide bonds. The highest BCUT2D eigenvalue weighted by molar-refractivity contribution is 7.92. The monoisotopic (exact) mass is 395 g/mol. The minimum Gasteiger partial charge on any atom is -0.344 e. The van der Waals surface area contributed by atoms with Crippen molar-refractivity contribution in [2.75, 3.05) is 4.72 Å². The lowest BCUT2D eigenvalue weighted by Gasteiger charge is -2.14. The third kappa shape index (κ3) is 4.55. The molecule has 0 unspecified atom stereocenters. The Labute approximate surface area is 164 Å². The third-order valence-electron chi connectivity index (χ3n) is 4.30. The molecule has 1 atom stereocenters. The molecule has 2 aromatic carbocycles. The van der Waals surface area contributed by atoms with Gasteiger partial charge in [0.05, 0.1) is 22.3 Å². The Hall–Kier alpha value is -3.19. The number of benzene rings is 2. The van der Waals surface area contributed by atoms with Gasteiger partial charge in [0, 0.05) is 11.8 Å². The number of sulfonamides is 1. The minimum absolute atomic E-state index is 0.0880. The molecule has 0 aliphatic carbocycles. The number of nitrogens with one attached hydrogen (secondary N) is 2. The van der Waals surface area contributed by atoms with E-state index in [0.29, 0.717) is 11.3 Å². The summed E-state index contributed by atoms with van der Waals surface area (Å²) in [5.41, 5.74) is 2.47. The highest BCUT2D eigenvalue weighted by Gasteiger charge is 2.17. The van der Waals surface area contributed by atoms with Crippen molar-refractivity contribution in [2.45, 2.75) is 24.8 Å². The van der Waals surface area contributed by atoms with E-state index in [1.54, 1.807) is 18.3 Å². The van der Waals surface area contributed by atoms with Gasteiger partial charge in [-0.2, -0.15) is 0 Å². The molecule has 0 bridgehead atoms. The summed E-state index contributed by atoms with van der Waals surface area (Å²) in [7, 11) is -3.74. The zero-order chi connectivity index (χ0) is 20.1. The van der Waals surface area contributed by atoms with Crippen molar-refractivity contribution in [3.8, 4) is 0 Å². The molecule has 0 fully saturated rings. The van der Waals surface area contributed by atoms with Crippen molar-refractivity contribution in [3.63, 3.8) is 0 Å². The van der Waals surface area contributed by atoms with Crippen LogP contribution in [0.25, 0.3) is 0 Å². The number of amides is 1. The molecule has 0 saturated heterocycles. The van der Waals surface area contributed by atoms with Gasteiger partial charge >= 0.3 is 0 Å². The van der Waals surface area contributed by atoms with E-state index in [1.807, 2.05) is 44.2 Å². The first-order valence-electron chi connectivity index (χ1n) is 8.77. The number of pyridine rings is 1. The molecular weight excluding hydrogens is 374 g/mol. The van der Waals surface area contributed by atoms with Gasteiger partial charge < -0.3 is 5.32 Å². The van der Waals surface area contributed by atoms with Gasteiger partial charge in [0.2, 0.25) is 0 Å². The highest BCUT2D eigenvalue weighted by Crippen LogP contribution is 2.20. The van der Waals surface area contributed by atoms with Gasteiger partial charge in [0.1, 0.15) is 0 Å². The second-order valence-electron chi connectivity index (χ2n) is 6.39. The van der Waals surface area contributed by atoms with Crippen molar-refractivity contribution in [3.05, 3.63) is 89.7 Å². The van der Waals surface area contributed by atoms with Crippen LogP contribution >= 0.6 is 0 Å². The number of para-hydroxylation sites is 1. The molecule has 6 nitrogen and oxygen atoms in total. The van der Waals surface area contributed by atoms with E-state index < -0.39 is 10.0 Å². The molecule has 1 heterocycles. The summed E-state index contributed by atoms with van der Waals surface area (Å²) in [4.78, 5) is 16.7. The molecule has 2 N–H and O–H groups in total. The Morgan fingerprint density at radius 3 is 2.29 bits per heavy atom. The Kier molecular flexibility index (Phi) is 5.75. The van der Waals surface area contributed by atoms with Gasteiger partial charge in [-0.15, -0.1) is 0 Å². The number of rotatable bonds is 6. The lowest BCUT2D eigenvalue weighted by Crippen LogP contribution is -2.27. The molecule has 1 aromatic heterocycles. The molecule has 0 aliphatic heterocycles. The number of carbonyl (C=O) groups excluding carboxylic acids is 1. The first-order valence-corrected chi connectivity index (χ1v) is 10.3. The van der Waals surface area contributed by atoms with Gasteiger partial charge in [-0.25, -0.2) is 8.42 Å². The van der Waals surface area contributed by atoms with Crippen LogP contribution in [0.5, 0.6) is 0 Å². The second kappa shape index (κ2) is 8.22. The van der Waals surface area contributed by atoms with E-state index in [-0.39, 0.29) is 16.8 Å². The maximum atomic E-state index is 12.6. The molecule has 3 aromatic rings. The number of hydrogen-bond acceptors (Lipinski definition) is 4. The number of nitrogens with zero attached hydrogens (tertiary/aromatic N) is 1. The fourth-order valence-electron chi connectivity index (χ4n) is 2.66. The number of carbonyl (C=O) groups is 1. The van der Waals surface area contributed by atoms with E-state index in [2.05, 4.69) is 15.0 Å². The largest absolute Gasteiger partial charge is 0.344 e. The normalized spacial score (nSPS) is 12.2. The van der Waals surface area contributed by atoms with E-state index in [4.69, 9.17) is 0 Å². The molecule has 0 saturated carbocycles. The summed E-state index contributed by atoms with van der Waals surface area (Å²) in [6.45, 7) is 3.67. The first kappa shape index (κ1) is 19.6. The maximum absolute atomic E-state index is 12.6. The summed E-state index contributed by atoms with van der Waals surface area (Å²) >= 11 is 0. The van der Waals surface area contributed by atoms with Gasteiger partial charge in [0.25, 0.3) is 15.9 Å². The van der Waals surface area contributed by atoms with Crippen LogP contribution in [0.3, 0.4) is 0 Å². The topological polar surface area (TPSA) is 88.2 Å². The van der Waals surface area contributed by atoms with Gasteiger partial charge in [-0.3, -0.25) is 14.5 Å². The average Bonchev–Trinajstić information content (AvgIpc) is 2.70. The van der Waals surface area contributed by atoms with Crippen LogP contribution in [0.1, 0.15) is 34.6 Å². The zero-order valence-corrected chi connectivity index (χ0v) is 16.4. The minimum atomic E-state index is -3.74. The van der Waals surface area contributed by atoms with Gasteiger partial charge in [-0.05, 0) is 61.9 Å². The van der Waals surface area contributed by atoms with Crippen LogP contribution < -0.4 is 10.0 Å². The fraction of sp³-hybridized carbons (Fsp3) is 0.143. The van der Waals surface area contributed by atoms with E-state index >= 15 is 0 Å². The standard InChI is InChI=1S/C21H21N3O3S/c1-15-7-3-4-8-19(15)24-28(26,27)18-12-10-17(11-13-18)21(25)23-16(2)20-9-5-6-14-22-20/h3-14,16,24H,1-2H3,(H,23,25)/t16-/m0/s1.